The molecule has 0 aromatic heterocycles. The molecule has 0 radical (unpaired) electrons. The number of rotatable bonds is 10. The van der Waals surface area contributed by atoms with E-state index in [1.54, 1.807) is 0 Å². The zero-order chi connectivity index (χ0) is 15.8. The predicted octanol–water partition coefficient (Wildman–Crippen LogP) is 1.84. The first-order chi connectivity index (χ1) is 9.47. The van der Waals surface area contributed by atoms with Crippen LogP contribution in [0.25, 0.3) is 0 Å². The number of nitrogens with one attached hydrogen (secondary N) is 1. The molecule has 0 spiro atoms. The number of nitrogens with two attached hydrogens (primary N) is 2. The van der Waals surface area contributed by atoms with E-state index in [2.05, 4.69) is 13.8 Å². The summed E-state index contributed by atoms with van der Waals surface area (Å²) < 4.78 is 0. The SMILES string of the molecule is CCCCCC(N)CCCC.NC(=O)CCC(=O)NO. The molecule has 0 heterocycles. The normalized spacial score (nSPS) is 11.2. The Labute approximate surface area is 122 Å². The van der Waals surface area contributed by atoms with Crippen LogP contribution in [-0.4, -0.2) is 23.1 Å². The zero-order valence-electron chi connectivity index (χ0n) is 12.9. The van der Waals surface area contributed by atoms with Crippen molar-refractivity contribution < 1.29 is 14.8 Å². The molecule has 0 aliphatic rings. The van der Waals surface area contributed by atoms with E-state index in [1.807, 2.05) is 0 Å². The summed E-state index contributed by atoms with van der Waals surface area (Å²) in [5, 5.41) is 7.90. The topological polar surface area (TPSA) is 118 Å². The first-order valence-electron chi connectivity index (χ1n) is 7.44. The van der Waals surface area contributed by atoms with Crippen LogP contribution in [0.3, 0.4) is 0 Å². The molecule has 0 aliphatic carbocycles. The third-order valence-corrected chi connectivity index (χ3v) is 2.83. The Morgan fingerprint density at radius 1 is 1.05 bits per heavy atom. The highest BCUT2D eigenvalue weighted by atomic mass is 16.5. The summed E-state index contributed by atoms with van der Waals surface area (Å²) in [6, 6.07) is 0.474. The number of carbonyl (C=O) groups is 2. The Hall–Kier alpha value is -1.14. The Morgan fingerprint density at radius 3 is 2.05 bits per heavy atom. The smallest absolute Gasteiger partial charge is 0.243 e. The van der Waals surface area contributed by atoms with Crippen molar-refractivity contribution in [1.82, 2.24) is 5.48 Å². The van der Waals surface area contributed by atoms with Crippen molar-refractivity contribution in [2.75, 3.05) is 0 Å². The molecule has 0 aromatic rings. The molecule has 0 aromatic carbocycles. The minimum atomic E-state index is -0.603. The maximum atomic E-state index is 10.1. The van der Waals surface area contributed by atoms with E-state index >= 15 is 0 Å². The summed E-state index contributed by atoms with van der Waals surface area (Å²) in [6.07, 6.45) is 8.91. The highest BCUT2D eigenvalue weighted by Gasteiger charge is 2.00. The number of hydrogen-bond donors (Lipinski definition) is 4. The number of primary amides is 1. The second-order valence-electron chi connectivity index (χ2n) is 4.90. The van der Waals surface area contributed by atoms with Crippen LogP contribution in [0.1, 0.15) is 71.6 Å². The van der Waals surface area contributed by atoms with Gasteiger partial charge < -0.3 is 11.5 Å². The molecule has 0 aliphatic heterocycles. The van der Waals surface area contributed by atoms with Gasteiger partial charge in [-0.05, 0) is 12.8 Å². The van der Waals surface area contributed by atoms with E-state index < -0.39 is 11.8 Å². The molecule has 1 unspecified atom stereocenters. The molecule has 20 heavy (non-hydrogen) atoms. The summed E-state index contributed by atoms with van der Waals surface area (Å²) in [5.41, 5.74) is 12.0. The number of unbranched alkanes of at least 4 members (excludes halogenated alkanes) is 3. The molecule has 6 nitrogen and oxygen atoms in total. The average Bonchev–Trinajstić information content (AvgIpc) is 2.43. The third kappa shape index (κ3) is 19.2. The van der Waals surface area contributed by atoms with E-state index in [9.17, 15) is 9.59 Å². The number of amides is 2. The third-order valence-electron chi connectivity index (χ3n) is 2.83. The van der Waals surface area contributed by atoms with E-state index in [1.165, 1.54) is 50.4 Å². The molecule has 120 valence electrons. The highest BCUT2D eigenvalue weighted by Crippen LogP contribution is 2.07. The van der Waals surface area contributed by atoms with Gasteiger partial charge in [-0.2, -0.15) is 0 Å². The Kier molecular flexibility index (Phi) is 16.8. The fraction of sp³-hybridized carbons (Fsp3) is 0.857. The van der Waals surface area contributed by atoms with Crippen molar-refractivity contribution in [1.29, 1.82) is 0 Å². The fourth-order valence-corrected chi connectivity index (χ4v) is 1.56. The summed E-state index contributed by atoms with van der Waals surface area (Å²) in [5.74, 6) is -1.16. The van der Waals surface area contributed by atoms with Crippen molar-refractivity contribution in [2.24, 2.45) is 11.5 Å². The maximum absolute atomic E-state index is 10.1. The first-order valence-corrected chi connectivity index (χ1v) is 7.44. The Morgan fingerprint density at radius 2 is 1.60 bits per heavy atom. The summed E-state index contributed by atoms with van der Waals surface area (Å²) in [6.45, 7) is 4.45. The van der Waals surface area contributed by atoms with Crippen LogP contribution in [0.4, 0.5) is 0 Å². The second kappa shape index (κ2) is 15.9. The van der Waals surface area contributed by atoms with Crippen LogP contribution in [-0.2, 0) is 9.59 Å². The zero-order valence-corrected chi connectivity index (χ0v) is 12.9. The number of hydrogen-bond acceptors (Lipinski definition) is 4. The van der Waals surface area contributed by atoms with Crippen molar-refractivity contribution in [2.45, 2.75) is 77.7 Å². The quantitative estimate of drug-likeness (QED) is 0.279. The van der Waals surface area contributed by atoms with E-state index in [0.29, 0.717) is 6.04 Å². The largest absolute Gasteiger partial charge is 0.370 e. The predicted molar refractivity (Wildman–Crippen MR) is 80.0 cm³/mol. The Balaban J connectivity index is 0. The van der Waals surface area contributed by atoms with Crippen LogP contribution < -0.4 is 16.9 Å². The molecule has 0 saturated carbocycles. The molecule has 1 atom stereocenters. The summed E-state index contributed by atoms with van der Waals surface area (Å²) in [7, 11) is 0. The van der Waals surface area contributed by atoms with Gasteiger partial charge in [-0.25, -0.2) is 5.48 Å². The van der Waals surface area contributed by atoms with Crippen molar-refractivity contribution in [3.8, 4) is 0 Å². The minimum Gasteiger partial charge on any atom is -0.370 e. The minimum absolute atomic E-state index is 0.0353. The molecule has 0 fully saturated rings. The molecule has 0 bridgehead atoms. The van der Waals surface area contributed by atoms with Gasteiger partial charge >= 0.3 is 0 Å². The second-order valence-corrected chi connectivity index (χ2v) is 4.90. The van der Waals surface area contributed by atoms with Gasteiger partial charge in [0.15, 0.2) is 0 Å². The van der Waals surface area contributed by atoms with E-state index in [-0.39, 0.29) is 12.8 Å². The van der Waals surface area contributed by atoms with E-state index in [4.69, 9.17) is 16.7 Å². The van der Waals surface area contributed by atoms with Gasteiger partial charge in [0.2, 0.25) is 11.8 Å². The number of hydroxylamine groups is 1. The molecular formula is C14H31N3O3. The van der Waals surface area contributed by atoms with Gasteiger partial charge in [-0.1, -0.05) is 46.0 Å². The van der Waals surface area contributed by atoms with Gasteiger partial charge in [0.1, 0.15) is 0 Å². The van der Waals surface area contributed by atoms with Crippen LogP contribution >= 0.6 is 0 Å². The van der Waals surface area contributed by atoms with Crippen molar-refractivity contribution >= 4 is 11.8 Å². The van der Waals surface area contributed by atoms with Crippen LogP contribution in [0.5, 0.6) is 0 Å². The summed E-state index contributed by atoms with van der Waals surface area (Å²) >= 11 is 0. The van der Waals surface area contributed by atoms with Crippen molar-refractivity contribution in [3.05, 3.63) is 0 Å². The van der Waals surface area contributed by atoms with Crippen molar-refractivity contribution in [3.63, 3.8) is 0 Å². The molecular weight excluding hydrogens is 258 g/mol. The van der Waals surface area contributed by atoms with Gasteiger partial charge in [-0.15, -0.1) is 0 Å². The van der Waals surface area contributed by atoms with Crippen LogP contribution in [0.15, 0.2) is 0 Å². The first kappa shape index (κ1) is 21.2. The van der Waals surface area contributed by atoms with Crippen LogP contribution in [0.2, 0.25) is 0 Å². The fourth-order valence-electron chi connectivity index (χ4n) is 1.56. The molecule has 0 saturated heterocycles. The molecule has 2 amide bonds. The van der Waals surface area contributed by atoms with Gasteiger partial charge in [0.25, 0.3) is 0 Å². The monoisotopic (exact) mass is 289 g/mol. The van der Waals surface area contributed by atoms with Gasteiger partial charge in [0.05, 0.1) is 0 Å². The summed E-state index contributed by atoms with van der Waals surface area (Å²) in [4.78, 5) is 20.1. The van der Waals surface area contributed by atoms with E-state index in [0.717, 1.165) is 0 Å². The lowest BCUT2D eigenvalue weighted by molar-refractivity contribution is -0.131. The molecule has 0 rings (SSSR count). The molecule has 6 heteroatoms. The van der Waals surface area contributed by atoms with Gasteiger partial charge in [0, 0.05) is 18.9 Å². The highest BCUT2D eigenvalue weighted by molar-refractivity contribution is 5.82. The van der Waals surface area contributed by atoms with Gasteiger partial charge in [-0.3, -0.25) is 14.8 Å². The molecule has 6 N–H and O–H groups in total. The lowest BCUT2D eigenvalue weighted by Crippen LogP contribution is -2.21. The number of carbonyl (C=O) groups excluding carboxylic acids is 2. The average molecular weight is 289 g/mol. The Bertz CT molecular complexity index is 248. The standard InChI is InChI=1S/C10H23N.C4H8N2O3/c1-3-5-7-9-10(11)8-6-4-2;5-3(7)1-2-4(8)6-9/h10H,3-9,11H2,1-2H3;9H,1-2H2,(H2,5,7)(H,6,8). The lowest BCUT2D eigenvalue weighted by atomic mass is 10.0. The lowest BCUT2D eigenvalue weighted by Gasteiger charge is -2.09. The maximum Gasteiger partial charge on any atom is 0.243 e. The van der Waals surface area contributed by atoms with Crippen LogP contribution in [0, 0.1) is 0 Å².